The van der Waals surface area contributed by atoms with Crippen LogP contribution in [0.4, 0.5) is 0 Å². The molecule has 2 amide bonds. The van der Waals surface area contributed by atoms with Gasteiger partial charge in [-0.05, 0) is 42.5 Å². The highest BCUT2D eigenvalue weighted by molar-refractivity contribution is 9.10. The highest BCUT2D eigenvalue weighted by Gasteiger charge is 2.28. The first-order valence-corrected chi connectivity index (χ1v) is 12.7. The summed E-state index contributed by atoms with van der Waals surface area (Å²) < 4.78 is 1.04. The SMILES string of the molecule is CC[C@@H](C(=O)NCC(C)C)N(Cc1cccc(C)c1)C(=O)CSCc1ccc(Br)cc1. The predicted molar refractivity (Wildman–Crippen MR) is 134 cm³/mol. The summed E-state index contributed by atoms with van der Waals surface area (Å²) in [5.74, 6) is 1.39. The molecule has 1 atom stereocenters. The van der Waals surface area contributed by atoms with Crippen molar-refractivity contribution in [1.29, 1.82) is 0 Å². The van der Waals surface area contributed by atoms with Gasteiger partial charge in [-0.3, -0.25) is 9.59 Å². The molecule has 2 rings (SSSR count). The molecule has 4 nitrogen and oxygen atoms in total. The molecule has 0 aliphatic rings. The Morgan fingerprint density at radius 2 is 1.81 bits per heavy atom. The summed E-state index contributed by atoms with van der Waals surface area (Å²) in [6.45, 7) is 9.18. The molecule has 2 aromatic rings. The van der Waals surface area contributed by atoms with E-state index in [2.05, 4.69) is 53.3 Å². The van der Waals surface area contributed by atoms with Crippen LogP contribution in [0.25, 0.3) is 0 Å². The summed E-state index contributed by atoms with van der Waals surface area (Å²) in [7, 11) is 0. The predicted octanol–water partition coefficient (Wildman–Crippen LogP) is 5.57. The number of benzene rings is 2. The van der Waals surface area contributed by atoms with Crippen LogP contribution in [0.3, 0.4) is 0 Å². The Labute approximate surface area is 199 Å². The van der Waals surface area contributed by atoms with Gasteiger partial charge in [-0.25, -0.2) is 0 Å². The molecule has 0 saturated heterocycles. The molecular formula is C25H33BrN2O2S. The summed E-state index contributed by atoms with van der Waals surface area (Å²) in [6, 6.07) is 15.8. The monoisotopic (exact) mass is 504 g/mol. The van der Waals surface area contributed by atoms with E-state index in [-0.39, 0.29) is 11.8 Å². The van der Waals surface area contributed by atoms with E-state index in [1.807, 2.05) is 44.2 Å². The van der Waals surface area contributed by atoms with Crippen molar-refractivity contribution in [2.75, 3.05) is 12.3 Å². The van der Waals surface area contributed by atoms with Gasteiger partial charge in [0.05, 0.1) is 5.75 Å². The molecule has 168 valence electrons. The summed E-state index contributed by atoms with van der Waals surface area (Å²) in [5, 5.41) is 3.01. The molecule has 0 aromatic heterocycles. The van der Waals surface area contributed by atoms with Crippen LogP contribution in [-0.2, 0) is 21.9 Å². The third-order valence-electron chi connectivity index (χ3n) is 4.91. The van der Waals surface area contributed by atoms with Crippen LogP contribution < -0.4 is 5.32 Å². The van der Waals surface area contributed by atoms with E-state index in [0.717, 1.165) is 21.4 Å². The molecule has 2 aromatic carbocycles. The minimum atomic E-state index is -0.472. The number of nitrogens with one attached hydrogen (secondary N) is 1. The van der Waals surface area contributed by atoms with Crippen molar-refractivity contribution >= 4 is 39.5 Å². The Bertz CT molecular complexity index is 855. The number of halogens is 1. The first-order valence-electron chi connectivity index (χ1n) is 10.7. The molecule has 0 spiro atoms. The smallest absolute Gasteiger partial charge is 0.242 e. The number of aryl methyl sites for hydroxylation is 1. The zero-order valence-electron chi connectivity index (χ0n) is 18.9. The van der Waals surface area contributed by atoms with Crippen LogP contribution in [-0.4, -0.2) is 35.1 Å². The first-order chi connectivity index (χ1) is 14.8. The number of hydrogen-bond donors (Lipinski definition) is 1. The highest BCUT2D eigenvalue weighted by Crippen LogP contribution is 2.19. The quantitative estimate of drug-likeness (QED) is 0.435. The van der Waals surface area contributed by atoms with Gasteiger partial charge in [-0.1, -0.05) is 78.7 Å². The Hall–Kier alpha value is -1.79. The molecule has 0 aliphatic heterocycles. The normalized spacial score (nSPS) is 11.9. The van der Waals surface area contributed by atoms with Crippen LogP contribution in [0.2, 0.25) is 0 Å². The van der Waals surface area contributed by atoms with E-state index in [0.29, 0.717) is 31.2 Å². The van der Waals surface area contributed by atoms with E-state index >= 15 is 0 Å². The Morgan fingerprint density at radius 3 is 2.42 bits per heavy atom. The molecule has 0 radical (unpaired) electrons. The standard InChI is InChI=1S/C25H33BrN2O2S/c1-5-23(25(30)27-14-18(2)3)28(15-21-8-6-7-19(4)13-21)24(29)17-31-16-20-9-11-22(26)12-10-20/h6-13,18,23H,5,14-17H2,1-4H3,(H,27,30)/t23-/m0/s1. The van der Waals surface area contributed by atoms with E-state index in [9.17, 15) is 9.59 Å². The van der Waals surface area contributed by atoms with E-state index < -0.39 is 6.04 Å². The first kappa shape index (κ1) is 25.5. The van der Waals surface area contributed by atoms with Crippen molar-refractivity contribution in [3.8, 4) is 0 Å². The fraction of sp³-hybridized carbons (Fsp3) is 0.440. The van der Waals surface area contributed by atoms with Gasteiger partial charge in [-0.2, -0.15) is 0 Å². The maximum atomic E-state index is 13.2. The van der Waals surface area contributed by atoms with E-state index in [1.165, 1.54) is 5.56 Å². The lowest BCUT2D eigenvalue weighted by atomic mass is 10.1. The van der Waals surface area contributed by atoms with E-state index in [4.69, 9.17) is 0 Å². The molecule has 6 heteroatoms. The molecule has 1 N–H and O–H groups in total. The second-order valence-electron chi connectivity index (χ2n) is 8.19. The van der Waals surface area contributed by atoms with Crippen molar-refractivity contribution in [2.24, 2.45) is 5.92 Å². The lowest BCUT2D eigenvalue weighted by Crippen LogP contribution is -2.50. The fourth-order valence-electron chi connectivity index (χ4n) is 3.27. The third kappa shape index (κ3) is 8.69. The number of rotatable bonds is 11. The Morgan fingerprint density at radius 1 is 1.10 bits per heavy atom. The number of nitrogens with zero attached hydrogens (tertiary/aromatic N) is 1. The maximum absolute atomic E-state index is 13.2. The average Bonchev–Trinajstić information content (AvgIpc) is 2.73. The van der Waals surface area contributed by atoms with Crippen LogP contribution in [0.1, 0.15) is 43.9 Å². The second kappa shape index (κ2) is 12.9. The Kier molecular flexibility index (Phi) is 10.6. The number of amides is 2. The molecule has 0 fully saturated rings. The average molecular weight is 506 g/mol. The van der Waals surface area contributed by atoms with Crippen molar-refractivity contribution in [2.45, 2.75) is 52.5 Å². The maximum Gasteiger partial charge on any atom is 0.242 e. The zero-order chi connectivity index (χ0) is 22.8. The number of hydrogen-bond acceptors (Lipinski definition) is 3. The van der Waals surface area contributed by atoms with Gasteiger partial charge in [-0.15, -0.1) is 11.8 Å². The Balaban J connectivity index is 2.11. The van der Waals surface area contributed by atoms with Gasteiger partial charge in [0.1, 0.15) is 6.04 Å². The number of carbonyl (C=O) groups is 2. The number of thioether (sulfide) groups is 1. The van der Waals surface area contributed by atoms with Gasteiger partial charge < -0.3 is 10.2 Å². The lowest BCUT2D eigenvalue weighted by Gasteiger charge is -2.31. The highest BCUT2D eigenvalue weighted by atomic mass is 79.9. The molecule has 0 aliphatic carbocycles. The molecule has 0 heterocycles. The van der Waals surface area contributed by atoms with Crippen LogP contribution >= 0.6 is 27.7 Å². The number of carbonyl (C=O) groups excluding carboxylic acids is 2. The van der Waals surface area contributed by atoms with E-state index in [1.54, 1.807) is 16.7 Å². The summed E-state index contributed by atoms with van der Waals surface area (Å²) in [4.78, 5) is 27.9. The van der Waals surface area contributed by atoms with Gasteiger partial charge in [0.25, 0.3) is 0 Å². The molecular weight excluding hydrogens is 472 g/mol. The summed E-state index contributed by atoms with van der Waals surface area (Å²) in [6.07, 6.45) is 0.582. The van der Waals surface area contributed by atoms with Crippen LogP contribution in [0.5, 0.6) is 0 Å². The molecule has 0 unspecified atom stereocenters. The van der Waals surface area contributed by atoms with Crippen molar-refractivity contribution in [1.82, 2.24) is 10.2 Å². The zero-order valence-corrected chi connectivity index (χ0v) is 21.3. The molecule has 31 heavy (non-hydrogen) atoms. The van der Waals surface area contributed by atoms with Gasteiger partial charge in [0.15, 0.2) is 0 Å². The topological polar surface area (TPSA) is 49.4 Å². The van der Waals surface area contributed by atoms with Crippen molar-refractivity contribution in [3.63, 3.8) is 0 Å². The van der Waals surface area contributed by atoms with Crippen LogP contribution in [0.15, 0.2) is 53.0 Å². The van der Waals surface area contributed by atoms with Crippen LogP contribution in [0, 0.1) is 12.8 Å². The third-order valence-corrected chi connectivity index (χ3v) is 6.43. The van der Waals surface area contributed by atoms with Gasteiger partial charge in [0, 0.05) is 23.3 Å². The largest absolute Gasteiger partial charge is 0.354 e. The van der Waals surface area contributed by atoms with Crippen molar-refractivity contribution in [3.05, 3.63) is 69.7 Å². The summed E-state index contributed by atoms with van der Waals surface area (Å²) >= 11 is 5.03. The van der Waals surface area contributed by atoms with Gasteiger partial charge >= 0.3 is 0 Å². The van der Waals surface area contributed by atoms with Gasteiger partial charge in [0.2, 0.25) is 11.8 Å². The minimum absolute atomic E-state index is 0.00448. The molecule has 0 bridgehead atoms. The van der Waals surface area contributed by atoms with Crippen molar-refractivity contribution < 1.29 is 9.59 Å². The lowest BCUT2D eigenvalue weighted by molar-refractivity contribution is -0.139. The minimum Gasteiger partial charge on any atom is -0.354 e. The molecule has 0 saturated carbocycles. The second-order valence-corrected chi connectivity index (χ2v) is 10.1. The summed E-state index contributed by atoms with van der Waals surface area (Å²) in [5.41, 5.74) is 3.36. The fourth-order valence-corrected chi connectivity index (χ4v) is 4.40.